The number of hydrogen-bond donors (Lipinski definition) is 1. The predicted molar refractivity (Wildman–Crippen MR) is 118 cm³/mol. The fourth-order valence-electron chi connectivity index (χ4n) is 4.28. The van der Waals surface area contributed by atoms with Gasteiger partial charge in [0, 0.05) is 58.8 Å². The molecule has 1 amide bonds. The number of methoxy groups -OCH3 is 1. The van der Waals surface area contributed by atoms with Gasteiger partial charge in [0.1, 0.15) is 5.75 Å². The fraction of sp³-hybridized carbons (Fsp3) is 0.636. The van der Waals surface area contributed by atoms with Crippen LogP contribution in [0.25, 0.3) is 0 Å². The van der Waals surface area contributed by atoms with Crippen molar-refractivity contribution in [3.05, 3.63) is 24.3 Å². The molecule has 0 saturated carbocycles. The summed E-state index contributed by atoms with van der Waals surface area (Å²) in [6.45, 7) is 7.27. The van der Waals surface area contributed by atoms with Crippen LogP contribution in [0, 0.1) is 0 Å². The summed E-state index contributed by atoms with van der Waals surface area (Å²) in [7, 11) is 3.52. The van der Waals surface area contributed by atoms with Crippen molar-refractivity contribution >= 4 is 17.6 Å². The van der Waals surface area contributed by atoms with Crippen LogP contribution in [0.1, 0.15) is 32.6 Å². The average molecular weight is 402 g/mol. The molecule has 0 aliphatic carbocycles. The molecule has 29 heavy (non-hydrogen) atoms. The maximum absolute atomic E-state index is 12.5. The summed E-state index contributed by atoms with van der Waals surface area (Å²) in [5.41, 5.74) is 1.14. The molecule has 2 aliphatic rings. The molecule has 2 fully saturated rings. The van der Waals surface area contributed by atoms with Crippen LogP contribution in [0.5, 0.6) is 5.75 Å². The molecule has 2 aliphatic heterocycles. The van der Waals surface area contributed by atoms with Gasteiger partial charge in [-0.05, 0) is 38.3 Å². The van der Waals surface area contributed by atoms with Gasteiger partial charge < -0.3 is 24.8 Å². The predicted octanol–water partition coefficient (Wildman–Crippen LogP) is 2.18. The largest absolute Gasteiger partial charge is 0.495 e. The van der Waals surface area contributed by atoms with Crippen molar-refractivity contribution in [3.63, 3.8) is 0 Å². The van der Waals surface area contributed by atoms with E-state index >= 15 is 0 Å². The van der Waals surface area contributed by atoms with Crippen molar-refractivity contribution < 1.29 is 9.53 Å². The van der Waals surface area contributed by atoms with Gasteiger partial charge in [-0.2, -0.15) is 0 Å². The first-order valence-electron chi connectivity index (χ1n) is 10.8. The summed E-state index contributed by atoms with van der Waals surface area (Å²) in [4.78, 5) is 23.6. The summed E-state index contributed by atoms with van der Waals surface area (Å²) < 4.78 is 5.50. The Morgan fingerprint density at radius 1 is 1.17 bits per heavy atom. The van der Waals surface area contributed by atoms with Crippen LogP contribution in [0.4, 0.5) is 5.69 Å². The van der Waals surface area contributed by atoms with Crippen molar-refractivity contribution in [1.29, 1.82) is 0 Å². The lowest BCUT2D eigenvalue weighted by Crippen LogP contribution is -2.53. The van der Waals surface area contributed by atoms with Crippen LogP contribution in [0.3, 0.4) is 0 Å². The fourth-order valence-corrected chi connectivity index (χ4v) is 4.28. The number of benzene rings is 1. The first kappa shape index (κ1) is 21.3. The van der Waals surface area contributed by atoms with Crippen LogP contribution in [-0.4, -0.2) is 81.1 Å². The van der Waals surface area contributed by atoms with E-state index in [1.165, 1.54) is 6.42 Å². The molecule has 1 atom stereocenters. The van der Waals surface area contributed by atoms with Gasteiger partial charge in [-0.25, -0.2) is 0 Å². The zero-order valence-electron chi connectivity index (χ0n) is 18.1. The lowest BCUT2D eigenvalue weighted by Gasteiger charge is -2.38. The van der Waals surface area contributed by atoms with E-state index in [1.54, 1.807) is 7.11 Å². The molecule has 0 bridgehead atoms. The molecule has 0 radical (unpaired) electrons. The number of nitrogens with zero attached hydrogens (tertiary/aromatic N) is 4. The number of amides is 1. The van der Waals surface area contributed by atoms with Gasteiger partial charge >= 0.3 is 0 Å². The summed E-state index contributed by atoms with van der Waals surface area (Å²) in [5.74, 6) is 2.04. The number of hydrogen-bond acceptors (Lipinski definition) is 4. The maximum Gasteiger partial charge on any atom is 0.224 e. The van der Waals surface area contributed by atoms with Gasteiger partial charge in [0.2, 0.25) is 5.91 Å². The molecule has 0 aromatic heterocycles. The third-order valence-electron chi connectivity index (χ3n) is 5.96. The number of carbonyl (C=O) groups excluding carboxylic acids is 1. The van der Waals surface area contributed by atoms with Gasteiger partial charge in [-0.3, -0.25) is 9.79 Å². The Balaban J connectivity index is 1.46. The minimum Gasteiger partial charge on any atom is -0.495 e. The SMILES string of the molecule is CN=C(NCCC(=O)N1CCCCC1C)N1CCN(c2ccccc2OC)CC1. The highest BCUT2D eigenvalue weighted by Crippen LogP contribution is 2.28. The van der Waals surface area contributed by atoms with E-state index in [0.29, 0.717) is 19.0 Å². The molecule has 1 unspecified atom stereocenters. The van der Waals surface area contributed by atoms with Crippen molar-refractivity contribution in [3.8, 4) is 5.75 Å². The zero-order chi connectivity index (χ0) is 20.6. The monoisotopic (exact) mass is 401 g/mol. The summed E-state index contributed by atoms with van der Waals surface area (Å²) in [6.07, 6.45) is 4.00. The van der Waals surface area contributed by atoms with Crippen LogP contribution in [0.2, 0.25) is 0 Å². The van der Waals surface area contributed by atoms with E-state index in [9.17, 15) is 4.79 Å². The zero-order valence-corrected chi connectivity index (χ0v) is 18.1. The molecule has 3 rings (SSSR count). The highest BCUT2D eigenvalue weighted by atomic mass is 16.5. The van der Waals surface area contributed by atoms with E-state index in [0.717, 1.165) is 63.0 Å². The number of para-hydroxylation sites is 2. The second kappa shape index (κ2) is 10.4. The number of ether oxygens (including phenoxy) is 1. The molecule has 1 aromatic carbocycles. The normalized spacial score (nSPS) is 20.6. The van der Waals surface area contributed by atoms with Gasteiger partial charge in [-0.15, -0.1) is 0 Å². The van der Waals surface area contributed by atoms with Gasteiger partial charge in [0.15, 0.2) is 5.96 Å². The van der Waals surface area contributed by atoms with Gasteiger partial charge in [0.25, 0.3) is 0 Å². The second-order valence-electron chi connectivity index (χ2n) is 7.80. The summed E-state index contributed by atoms with van der Waals surface area (Å²) in [5, 5.41) is 3.39. The standard InChI is InChI=1S/C22H35N5O2/c1-18-8-6-7-13-27(18)21(28)11-12-24-22(23-2)26-16-14-25(15-17-26)19-9-4-5-10-20(19)29-3/h4-5,9-10,18H,6-8,11-17H2,1-3H3,(H,23,24). The van der Waals surface area contributed by atoms with Crippen LogP contribution < -0.4 is 15.0 Å². The third kappa shape index (κ3) is 5.34. The number of rotatable bonds is 5. The number of guanidine groups is 1. The van der Waals surface area contributed by atoms with Crippen molar-refractivity contribution in [2.24, 2.45) is 4.99 Å². The number of carbonyl (C=O) groups is 1. The highest BCUT2D eigenvalue weighted by molar-refractivity contribution is 5.82. The molecule has 0 spiro atoms. The molecule has 1 N–H and O–H groups in total. The smallest absolute Gasteiger partial charge is 0.224 e. The lowest BCUT2D eigenvalue weighted by atomic mass is 10.0. The molecule has 1 aromatic rings. The van der Waals surface area contributed by atoms with Crippen molar-refractivity contribution in [2.45, 2.75) is 38.6 Å². The Morgan fingerprint density at radius 3 is 2.62 bits per heavy atom. The van der Waals surface area contributed by atoms with Crippen molar-refractivity contribution in [1.82, 2.24) is 15.1 Å². The Kier molecular flexibility index (Phi) is 7.61. The van der Waals surface area contributed by atoms with E-state index in [-0.39, 0.29) is 5.91 Å². The number of piperidine rings is 1. The minimum atomic E-state index is 0.251. The number of piperazine rings is 1. The molecular weight excluding hydrogens is 366 g/mol. The first-order valence-corrected chi connectivity index (χ1v) is 10.8. The summed E-state index contributed by atoms with van der Waals surface area (Å²) >= 11 is 0. The van der Waals surface area contributed by atoms with E-state index in [1.807, 2.05) is 30.1 Å². The van der Waals surface area contributed by atoms with Crippen LogP contribution in [-0.2, 0) is 4.79 Å². The molecule has 7 heteroatoms. The Labute approximate surface area is 174 Å². The summed E-state index contributed by atoms with van der Waals surface area (Å²) in [6, 6.07) is 8.52. The Bertz CT molecular complexity index is 700. The Hall–Kier alpha value is -2.44. The maximum atomic E-state index is 12.5. The number of nitrogens with one attached hydrogen (secondary N) is 1. The number of anilines is 1. The first-order chi connectivity index (χ1) is 14.1. The number of likely N-dealkylation sites (tertiary alicyclic amines) is 1. The quantitative estimate of drug-likeness (QED) is 0.605. The number of aliphatic imine (C=N–C) groups is 1. The molecular formula is C22H35N5O2. The highest BCUT2D eigenvalue weighted by Gasteiger charge is 2.24. The van der Waals surface area contributed by atoms with Crippen LogP contribution in [0.15, 0.2) is 29.3 Å². The molecule has 2 heterocycles. The van der Waals surface area contributed by atoms with Crippen LogP contribution >= 0.6 is 0 Å². The average Bonchev–Trinajstić information content (AvgIpc) is 2.77. The van der Waals surface area contributed by atoms with E-state index in [4.69, 9.17) is 4.74 Å². The third-order valence-corrected chi connectivity index (χ3v) is 5.96. The lowest BCUT2D eigenvalue weighted by molar-refractivity contribution is -0.134. The van der Waals surface area contributed by atoms with Gasteiger partial charge in [-0.1, -0.05) is 12.1 Å². The van der Waals surface area contributed by atoms with E-state index < -0.39 is 0 Å². The van der Waals surface area contributed by atoms with Gasteiger partial charge in [0.05, 0.1) is 12.8 Å². The second-order valence-corrected chi connectivity index (χ2v) is 7.80. The van der Waals surface area contributed by atoms with E-state index in [2.05, 4.69) is 33.1 Å². The Morgan fingerprint density at radius 2 is 1.93 bits per heavy atom. The molecule has 7 nitrogen and oxygen atoms in total. The molecule has 2 saturated heterocycles. The molecule has 160 valence electrons. The van der Waals surface area contributed by atoms with Crippen molar-refractivity contribution in [2.75, 3.05) is 58.3 Å². The minimum absolute atomic E-state index is 0.251. The topological polar surface area (TPSA) is 60.4 Å².